The summed E-state index contributed by atoms with van der Waals surface area (Å²) < 4.78 is 39.2. The number of benzene rings is 2. The molecule has 0 atom stereocenters. The van der Waals surface area contributed by atoms with Crippen molar-refractivity contribution in [3.05, 3.63) is 64.2 Å². The molecule has 1 heterocycles. The molecule has 0 fully saturated rings. The average Bonchev–Trinajstić information content (AvgIpc) is 2.69. The van der Waals surface area contributed by atoms with Crippen LogP contribution in [-0.2, 0) is 6.18 Å². The topological polar surface area (TPSA) is 37.4 Å². The van der Waals surface area contributed by atoms with E-state index in [0.29, 0.717) is 4.90 Å². The highest BCUT2D eigenvalue weighted by Gasteiger charge is 2.42. The third kappa shape index (κ3) is 2.16. The van der Waals surface area contributed by atoms with Crippen molar-refractivity contribution in [1.29, 1.82) is 0 Å². The Bertz CT molecular complexity index is 802. The fourth-order valence-electron chi connectivity index (χ4n) is 2.34. The average molecular weight is 326 g/mol. The standard InChI is InChI=1S/C15H7ClF3NO2/c16-8-5-6-9-10(7-8)14(22)20(13(9)21)12-4-2-1-3-11(12)15(17,18)19/h1-7H. The van der Waals surface area contributed by atoms with Crippen molar-refractivity contribution < 1.29 is 22.8 Å². The van der Waals surface area contributed by atoms with Crippen LogP contribution in [0.15, 0.2) is 42.5 Å². The van der Waals surface area contributed by atoms with Crippen molar-refractivity contribution >= 4 is 29.1 Å². The van der Waals surface area contributed by atoms with Gasteiger partial charge in [-0.05, 0) is 30.3 Å². The Morgan fingerprint density at radius 2 is 1.55 bits per heavy atom. The number of anilines is 1. The second-order valence-electron chi connectivity index (χ2n) is 4.65. The van der Waals surface area contributed by atoms with E-state index in [1.807, 2.05) is 0 Å². The third-order valence-corrected chi connectivity index (χ3v) is 3.53. The number of hydrogen-bond donors (Lipinski definition) is 0. The maximum Gasteiger partial charge on any atom is 0.418 e. The molecule has 0 radical (unpaired) electrons. The van der Waals surface area contributed by atoms with Gasteiger partial charge in [0.15, 0.2) is 0 Å². The van der Waals surface area contributed by atoms with E-state index in [1.54, 1.807) is 0 Å². The lowest BCUT2D eigenvalue weighted by Gasteiger charge is -2.19. The van der Waals surface area contributed by atoms with Gasteiger partial charge in [-0.25, -0.2) is 4.90 Å². The van der Waals surface area contributed by atoms with E-state index in [0.717, 1.165) is 12.1 Å². The molecule has 2 aromatic rings. The van der Waals surface area contributed by atoms with E-state index < -0.39 is 29.2 Å². The molecule has 1 aliphatic heterocycles. The predicted molar refractivity (Wildman–Crippen MR) is 74.0 cm³/mol. The molecule has 0 aromatic heterocycles. The molecule has 0 N–H and O–H groups in total. The smallest absolute Gasteiger partial charge is 0.268 e. The minimum Gasteiger partial charge on any atom is -0.268 e. The number of imide groups is 1. The highest BCUT2D eigenvalue weighted by molar-refractivity contribution is 6.36. The molecule has 0 saturated carbocycles. The fourth-order valence-corrected chi connectivity index (χ4v) is 2.51. The molecule has 0 bridgehead atoms. The van der Waals surface area contributed by atoms with Gasteiger partial charge >= 0.3 is 6.18 Å². The summed E-state index contributed by atoms with van der Waals surface area (Å²) in [7, 11) is 0. The molecule has 3 rings (SSSR count). The van der Waals surface area contributed by atoms with Crippen molar-refractivity contribution in [1.82, 2.24) is 0 Å². The number of alkyl halides is 3. The largest absolute Gasteiger partial charge is 0.418 e. The Hall–Kier alpha value is -2.34. The van der Waals surface area contributed by atoms with Crippen LogP contribution in [-0.4, -0.2) is 11.8 Å². The quantitative estimate of drug-likeness (QED) is 0.738. The van der Waals surface area contributed by atoms with Crippen molar-refractivity contribution in [2.24, 2.45) is 0 Å². The van der Waals surface area contributed by atoms with Crippen molar-refractivity contribution in [2.75, 3.05) is 4.90 Å². The van der Waals surface area contributed by atoms with Crippen LogP contribution >= 0.6 is 11.6 Å². The monoisotopic (exact) mass is 325 g/mol. The molecule has 0 saturated heterocycles. The van der Waals surface area contributed by atoms with Crippen LogP contribution in [0, 0.1) is 0 Å². The van der Waals surface area contributed by atoms with Crippen LogP contribution in [0.2, 0.25) is 5.02 Å². The molecular formula is C15H7ClF3NO2. The Labute approximate surface area is 127 Å². The Morgan fingerprint density at radius 1 is 0.909 bits per heavy atom. The van der Waals surface area contributed by atoms with Gasteiger partial charge in [-0.2, -0.15) is 13.2 Å². The lowest BCUT2D eigenvalue weighted by Crippen LogP contribution is -2.31. The van der Waals surface area contributed by atoms with Gasteiger partial charge in [-0.1, -0.05) is 23.7 Å². The Balaban J connectivity index is 2.17. The maximum absolute atomic E-state index is 13.1. The zero-order valence-corrected chi connectivity index (χ0v) is 11.6. The molecule has 3 nitrogen and oxygen atoms in total. The molecule has 7 heteroatoms. The summed E-state index contributed by atoms with van der Waals surface area (Å²) in [6.45, 7) is 0. The summed E-state index contributed by atoms with van der Waals surface area (Å²) in [5.74, 6) is -1.62. The molecule has 0 spiro atoms. The summed E-state index contributed by atoms with van der Waals surface area (Å²) in [6, 6.07) is 8.45. The first kappa shape index (κ1) is 14.6. The van der Waals surface area contributed by atoms with E-state index in [1.165, 1.54) is 30.3 Å². The minimum absolute atomic E-state index is 0.00511. The van der Waals surface area contributed by atoms with E-state index in [-0.39, 0.29) is 16.1 Å². The highest BCUT2D eigenvalue weighted by atomic mass is 35.5. The number of carbonyl (C=O) groups is 2. The molecule has 1 aliphatic rings. The number of carbonyl (C=O) groups excluding carboxylic acids is 2. The molecule has 112 valence electrons. The first-order chi connectivity index (χ1) is 10.3. The van der Waals surface area contributed by atoms with E-state index in [4.69, 9.17) is 11.6 Å². The number of hydrogen-bond acceptors (Lipinski definition) is 2. The summed E-state index contributed by atoms with van der Waals surface area (Å²) in [4.78, 5) is 25.1. The second-order valence-corrected chi connectivity index (χ2v) is 5.09. The number of rotatable bonds is 1. The first-order valence-corrected chi connectivity index (χ1v) is 6.53. The molecular weight excluding hydrogens is 319 g/mol. The van der Waals surface area contributed by atoms with E-state index in [9.17, 15) is 22.8 Å². The normalized spacial score (nSPS) is 14.5. The molecule has 0 unspecified atom stereocenters. The molecule has 22 heavy (non-hydrogen) atoms. The van der Waals surface area contributed by atoms with Crippen LogP contribution in [0.4, 0.5) is 18.9 Å². The molecule has 2 amide bonds. The summed E-state index contributed by atoms with van der Waals surface area (Å²) in [5.41, 5.74) is -1.51. The number of halogens is 4. The van der Waals surface area contributed by atoms with Crippen LogP contribution < -0.4 is 4.90 Å². The summed E-state index contributed by atoms with van der Waals surface area (Å²) in [6.07, 6.45) is -4.68. The predicted octanol–water partition coefficient (Wildman–Crippen LogP) is 4.16. The fraction of sp³-hybridized carbons (Fsp3) is 0.0667. The Kier molecular flexibility index (Phi) is 3.21. The van der Waals surface area contributed by atoms with E-state index in [2.05, 4.69) is 0 Å². The Morgan fingerprint density at radius 3 is 2.23 bits per heavy atom. The lowest BCUT2D eigenvalue weighted by molar-refractivity contribution is -0.137. The third-order valence-electron chi connectivity index (χ3n) is 3.30. The second kappa shape index (κ2) is 4.84. The van der Waals surface area contributed by atoms with Crippen LogP contribution in [0.1, 0.15) is 26.3 Å². The van der Waals surface area contributed by atoms with Crippen LogP contribution in [0.25, 0.3) is 0 Å². The van der Waals surface area contributed by atoms with Gasteiger partial charge in [0.05, 0.1) is 22.4 Å². The zero-order valence-electron chi connectivity index (χ0n) is 10.8. The highest BCUT2D eigenvalue weighted by Crippen LogP contribution is 2.39. The van der Waals surface area contributed by atoms with Gasteiger partial charge in [0.1, 0.15) is 0 Å². The maximum atomic E-state index is 13.1. The van der Waals surface area contributed by atoms with Crippen molar-refractivity contribution in [2.45, 2.75) is 6.18 Å². The number of para-hydroxylation sites is 1. The summed E-state index contributed by atoms with van der Waals surface area (Å²) >= 11 is 5.77. The summed E-state index contributed by atoms with van der Waals surface area (Å²) in [5, 5.41) is 0.228. The van der Waals surface area contributed by atoms with Gasteiger partial charge in [0, 0.05) is 5.02 Å². The van der Waals surface area contributed by atoms with Crippen molar-refractivity contribution in [3.63, 3.8) is 0 Å². The van der Waals surface area contributed by atoms with Gasteiger partial charge in [-0.3, -0.25) is 9.59 Å². The number of nitrogens with zero attached hydrogens (tertiary/aromatic N) is 1. The first-order valence-electron chi connectivity index (χ1n) is 6.15. The van der Waals surface area contributed by atoms with Gasteiger partial charge in [0.25, 0.3) is 11.8 Å². The van der Waals surface area contributed by atoms with Crippen LogP contribution in [0.5, 0.6) is 0 Å². The number of amides is 2. The SMILES string of the molecule is O=C1c2ccc(Cl)cc2C(=O)N1c1ccccc1C(F)(F)F. The van der Waals surface area contributed by atoms with Gasteiger partial charge in [0.2, 0.25) is 0 Å². The van der Waals surface area contributed by atoms with Gasteiger partial charge in [-0.15, -0.1) is 0 Å². The molecule has 2 aromatic carbocycles. The van der Waals surface area contributed by atoms with Crippen molar-refractivity contribution in [3.8, 4) is 0 Å². The van der Waals surface area contributed by atoms with Gasteiger partial charge < -0.3 is 0 Å². The van der Waals surface area contributed by atoms with Crippen LogP contribution in [0.3, 0.4) is 0 Å². The zero-order chi connectivity index (χ0) is 16.1. The molecule has 0 aliphatic carbocycles. The minimum atomic E-state index is -4.68. The number of fused-ring (bicyclic) bond motifs is 1. The lowest BCUT2D eigenvalue weighted by atomic mass is 10.1. The van der Waals surface area contributed by atoms with E-state index >= 15 is 0 Å².